The Labute approximate surface area is 134 Å². The van der Waals surface area contributed by atoms with Crippen LogP contribution in [0.2, 0.25) is 0 Å². The topological polar surface area (TPSA) is 72.5 Å². The van der Waals surface area contributed by atoms with Crippen molar-refractivity contribution >= 4 is 23.2 Å². The highest BCUT2D eigenvalue weighted by Gasteiger charge is 2.12. The summed E-state index contributed by atoms with van der Waals surface area (Å²) >= 11 is 0. The summed E-state index contributed by atoms with van der Waals surface area (Å²) in [6, 6.07) is 13.5. The van der Waals surface area contributed by atoms with Gasteiger partial charge in [0.15, 0.2) is 18.2 Å². The van der Waals surface area contributed by atoms with Gasteiger partial charge in [-0.3, -0.25) is 14.4 Å². The Morgan fingerprint density at radius 2 is 1.43 bits per heavy atom. The fourth-order valence-corrected chi connectivity index (χ4v) is 2.11. The van der Waals surface area contributed by atoms with E-state index in [9.17, 15) is 14.4 Å². The van der Waals surface area contributed by atoms with Crippen LogP contribution in [0.4, 0.5) is 5.69 Å². The van der Waals surface area contributed by atoms with Crippen LogP contribution < -0.4 is 10.1 Å². The molecule has 0 spiro atoms. The van der Waals surface area contributed by atoms with Crippen LogP contribution in [-0.2, 0) is 4.79 Å². The molecule has 0 radical (unpaired) electrons. The average Bonchev–Trinajstić information content (AvgIpc) is 2.53. The Hall–Kier alpha value is -2.95. The minimum absolute atomic E-state index is 0.135. The Morgan fingerprint density at radius 1 is 0.870 bits per heavy atom. The number of rotatable bonds is 6. The summed E-state index contributed by atoms with van der Waals surface area (Å²) in [6.45, 7) is 2.62. The van der Waals surface area contributed by atoms with Crippen molar-refractivity contribution in [2.75, 3.05) is 11.9 Å². The number of nitrogens with one attached hydrogen (secondary N) is 1. The number of amides is 1. The lowest BCUT2D eigenvalue weighted by Crippen LogP contribution is -2.21. The third-order valence-electron chi connectivity index (χ3n) is 3.21. The molecule has 2 aromatic rings. The Balaban J connectivity index is 2.04. The van der Waals surface area contributed by atoms with Gasteiger partial charge in [-0.05, 0) is 38.1 Å². The summed E-state index contributed by atoms with van der Waals surface area (Å²) in [7, 11) is 0. The minimum atomic E-state index is -0.406. The second-order valence-corrected chi connectivity index (χ2v) is 4.99. The maximum atomic E-state index is 12.0. The second-order valence-electron chi connectivity index (χ2n) is 4.99. The highest BCUT2D eigenvalue weighted by atomic mass is 16.5. The van der Waals surface area contributed by atoms with E-state index in [2.05, 4.69) is 5.32 Å². The van der Waals surface area contributed by atoms with Crippen molar-refractivity contribution in [3.05, 3.63) is 59.7 Å². The number of ketones is 2. The van der Waals surface area contributed by atoms with E-state index in [-0.39, 0.29) is 18.2 Å². The minimum Gasteiger partial charge on any atom is -0.483 e. The zero-order chi connectivity index (χ0) is 16.8. The summed E-state index contributed by atoms with van der Waals surface area (Å²) in [5, 5.41) is 2.64. The largest absolute Gasteiger partial charge is 0.483 e. The molecule has 2 rings (SSSR count). The highest BCUT2D eigenvalue weighted by molar-refractivity contribution is 6.04. The molecule has 5 heteroatoms. The van der Waals surface area contributed by atoms with E-state index in [4.69, 9.17) is 4.74 Å². The predicted octanol–water partition coefficient (Wildman–Crippen LogP) is 3.11. The summed E-state index contributed by atoms with van der Waals surface area (Å²) in [6.07, 6.45) is 0. The zero-order valence-corrected chi connectivity index (χ0v) is 13.0. The van der Waals surface area contributed by atoms with Crippen LogP contribution in [-0.4, -0.2) is 24.1 Å². The van der Waals surface area contributed by atoms with Gasteiger partial charge in [-0.25, -0.2) is 0 Å². The molecule has 0 fully saturated rings. The van der Waals surface area contributed by atoms with E-state index in [0.717, 1.165) is 0 Å². The molecular weight excluding hydrogens is 294 g/mol. The number of hydrogen-bond donors (Lipinski definition) is 1. The van der Waals surface area contributed by atoms with Crippen molar-refractivity contribution in [2.24, 2.45) is 0 Å². The third-order valence-corrected chi connectivity index (χ3v) is 3.21. The molecule has 0 aliphatic carbocycles. The monoisotopic (exact) mass is 311 g/mol. The smallest absolute Gasteiger partial charge is 0.262 e. The third kappa shape index (κ3) is 4.26. The van der Waals surface area contributed by atoms with E-state index >= 15 is 0 Å². The first-order valence-electron chi connectivity index (χ1n) is 7.11. The molecular formula is C18H17NO4. The molecule has 0 aliphatic rings. The van der Waals surface area contributed by atoms with Crippen LogP contribution in [0.5, 0.6) is 5.75 Å². The van der Waals surface area contributed by atoms with Gasteiger partial charge >= 0.3 is 0 Å². The number of Topliss-reactive ketones (excluding diaryl/α,β-unsaturated/α-hetero) is 2. The van der Waals surface area contributed by atoms with Crippen molar-refractivity contribution < 1.29 is 19.1 Å². The lowest BCUT2D eigenvalue weighted by Gasteiger charge is -2.11. The number of carbonyl (C=O) groups excluding carboxylic acids is 3. The van der Waals surface area contributed by atoms with Gasteiger partial charge < -0.3 is 10.1 Å². The first-order valence-corrected chi connectivity index (χ1v) is 7.11. The van der Waals surface area contributed by atoms with E-state index in [1.54, 1.807) is 48.5 Å². The van der Waals surface area contributed by atoms with Crippen molar-refractivity contribution in [1.82, 2.24) is 0 Å². The van der Waals surface area contributed by atoms with Crippen molar-refractivity contribution in [2.45, 2.75) is 13.8 Å². The molecule has 0 aliphatic heterocycles. The van der Waals surface area contributed by atoms with Crippen LogP contribution in [0, 0.1) is 0 Å². The zero-order valence-electron chi connectivity index (χ0n) is 13.0. The molecule has 2 aromatic carbocycles. The highest BCUT2D eigenvalue weighted by Crippen LogP contribution is 2.19. The normalized spacial score (nSPS) is 10.0. The summed E-state index contributed by atoms with van der Waals surface area (Å²) < 4.78 is 5.41. The number of anilines is 1. The molecule has 0 aromatic heterocycles. The second kappa shape index (κ2) is 7.35. The Bertz CT molecular complexity index is 752. The Kier molecular flexibility index (Phi) is 5.25. The van der Waals surface area contributed by atoms with Crippen molar-refractivity contribution in [3.63, 3.8) is 0 Å². The molecule has 1 amide bonds. The number of benzene rings is 2. The standard InChI is InChI=1S/C18H17NO4/c1-12(20)14-7-3-5-9-16(14)19-18(22)11-23-17-10-6-4-8-15(17)13(2)21/h3-10H,11H2,1-2H3,(H,19,22). The predicted molar refractivity (Wildman–Crippen MR) is 87.0 cm³/mol. The van der Waals surface area contributed by atoms with Crippen LogP contribution in [0.3, 0.4) is 0 Å². The van der Waals surface area contributed by atoms with Gasteiger partial charge in [-0.2, -0.15) is 0 Å². The van der Waals surface area contributed by atoms with Gasteiger partial charge in [0.25, 0.3) is 5.91 Å². The lowest BCUT2D eigenvalue weighted by atomic mass is 10.1. The first kappa shape index (κ1) is 16.4. The van der Waals surface area contributed by atoms with Gasteiger partial charge in [0.2, 0.25) is 0 Å². The molecule has 0 atom stereocenters. The van der Waals surface area contributed by atoms with Gasteiger partial charge in [-0.1, -0.05) is 24.3 Å². The van der Waals surface area contributed by atoms with Gasteiger partial charge in [0.1, 0.15) is 5.75 Å². The van der Waals surface area contributed by atoms with E-state index in [0.29, 0.717) is 22.6 Å². The molecule has 5 nitrogen and oxygen atoms in total. The fraction of sp³-hybridized carbons (Fsp3) is 0.167. The van der Waals surface area contributed by atoms with Crippen LogP contribution in [0.15, 0.2) is 48.5 Å². The molecule has 0 heterocycles. The van der Waals surface area contributed by atoms with Crippen LogP contribution in [0.25, 0.3) is 0 Å². The fourth-order valence-electron chi connectivity index (χ4n) is 2.11. The van der Waals surface area contributed by atoms with Gasteiger partial charge in [-0.15, -0.1) is 0 Å². The maximum absolute atomic E-state index is 12.0. The maximum Gasteiger partial charge on any atom is 0.262 e. The SMILES string of the molecule is CC(=O)c1ccccc1NC(=O)COc1ccccc1C(C)=O. The van der Waals surface area contributed by atoms with Gasteiger partial charge in [0.05, 0.1) is 11.3 Å². The van der Waals surface area contributed by atoms with E-state index in [1.807, 2.05) is 0 Å². The number of para-hydroxylation sites is 2. The van der Waals surface area contributed by atoms with Crippen molar-refractivity contribution in [1.29, 1.82) is 0 Å². The molecule has 0 saturated heterocycles. The van der Waals surface area contributed by atoms with E-state index in [1.165, 1.54) is 13.8 Å². The summed E-state index contributed by atoms with van der Waals surface area (Å²) in [5.41, 5.74) is 1.29. The lowest BCUT2D eigenvalue weighted by molar-refractivity contribution is -0.118. The van der Waals surface area contributed by atoms with E-state index < -0.39 is 5.91 Å². The summed E-state index contributed by atoms with van der Waals surface area (Å²) in [4.78, 5) is 35.0. The summed E-state index contributed by atoms with van der Waals surface area (Å²) in [5.74, 6) is -0.321. The van der Waals surface area contributed by atoms with Crippen LogP contribution in [0.1, 0.15) is 34.6 Å². The molecule has 0 bridgehead atoms. The molecule has 23 heavy (non-hydrogen) atoms. The van der Waals surface area contributed by atoms with Crippen LogP contribution >= 0.6 is 0 Å². The first-order chi connectivity index (χ1) is 11.0. The van der Waals surface area contributed by atoms with Gasteiger partial charge in [0, 0.05) is 5.56 Å². The Morgan fingerprint density at radius 3 is 2.09 bits per heavy atom. The molecule has 0 unspecified atom stereocenters. The number of ether oxygens (including phenoxy) is 1. The molecule has 1 N–H and O–H groups in total. The quantitative estimate of drug-likeness (QED) is 0.832. The molecule has 0 saturated carbocycles. The average molecular weight is 311 g/mol. The number of hydrogen-bond acceptors (Lipinski definition) is 4. The van der Waals surface area contributed by atoms with Crippen molar-refractivity contribution in [3.8, 4) is 5.75 Å². The molecule has 118 valence electrons. The number of carbonyl (C=O) groups is 3.